The van der Waals surface area contributed by atoms with Gasteiger partial charge in [0.05, 0.1) is 17.7 Å². The van der Waals surface area contributed by atoms with Crippen molar-refractivity contribution in [2.75, 3.05) is 25.0 Å². The Balaban J connectivity index is 2.07. The maximum Gasteiger partial charge on any atom is 0.264 e. The number of carbonyl (C=O) groups excluding carboxylic acids is 2. The van der Waals surface area contributed by atoms with Crippen molar-refractivity contribution in [3.63, 3.8) is 0 Å². The normalized spacial score (nSPS) is 11.9. The van der Waals surface area contributed by atoms with E-state index >= 15 is 0 Å². The van der Waals surface area contributed by atoms with Gasteiger partial charge in [0.25, 0.3) is 10.0 Å². The summed E-state index contributed by atoms with van der Waals surface area (Å²) in [6, 6.07) is 19.8. The number of benzene rings is 3. The number of hydrogen-bond acceptors (Lipinski definition) is 5. The van der Waals surface area contributed by atoms with Crippen LogP contribution in [0.3, 0.4) is 0 Å². The third-order valence-corrected chi connectivity index (χ3v) is 8.27. The van der Waals surface area contributed by atoms with Gasteiger partial charge in [0.15, 0.2) is 0 Å². The molecule has 0 fully saturated rings. The molecule has 0 saturated heterocycles. The lowest BCUT2D eigenvalue weighted by Crippen LogP contribution is -2.51. The summed E-state index contributed by atoms with van der Waals surface area (Å²) in [4.78, 5) is 28.2. The lowest BCUT2D eigenvalue weighted by molar-refractivity contribution is -0.140. The van der Waals surface area contributed by atoms with Crippen LogP contribution in [0.5, 0.6) is 5.75 Å². The summed E-state index contributed by atoms with van der Waals surface area (Å²) in [6.07, 6.45) is 0.366. The highest BCUT2D eigenvalue weighted by molar-refractivity contribution is 7.92. The number of aryl methyl sites for hydroxylation is 2. The van der Waals surface area contributed by atoms with Gasteiger partial charge in [0, 0.05) is 13.6 Å². The SMILES string of the molecule is CC[C@H](C(=O)NC)N(Cc1ccccc1C)C(=O)CN(c1ccc(OC)cc1)S(=O)(=O)c1ccc(C)cc1. The van der Waals surface area contributed by atoms with Gasteiger partial charge in [-0.3, -0.25) is 13.9 Å². The van der Waals surface area contributed by atoms with Crippen LogP contribution in [0.25, 0.3) is 0 Å². The molecule has 0 heterocycles. The van der Waals surface area contributed by atoms with Crippen molar-refractivity contribution in [2.45, 2.75) is 44.7 Å². The van der Waals surface area contributed by atoms with Crippen LogP contribution >= 0.6 is 0 Å². The second-order valence-corrected chi connectivity index (χ2v) is 10.9. The van der Waals surface area contributed by atoms with Gasteiger partial charge >= 0.3 is 0 Å². The molecule has 3 aromatic carbocycles. The van der Waals surface area contributed by atoms with Crippen LogP contribution in [0.1, 0.15) is 30.0 Å². The van der Waals surface area contributed by atoms with Crippen LogP contribution in [0.15, 0.2) is 77.7 Å². The first-order valence-electron chi connectivity index (χ1n) is 12.4. The van der Waals surface area contributed by atoms with Crippen molar-refractivity contribution >= 4 is 27.5 Å². The van der Waals surface area contributed by atoms with Gasteiger partial charge in [-0.2, -0.15) is 0 Å². The quantitative estimate of drug-likeness (QED) is 0.398. The molecule has 3 aromatic rings. The van der Waals surface area contributed by atoms with E-state index in [0.29, 0.717) is 17.9 Å². The fourth-order valence-electron chi connectivity index (χ4n) is 4.17. The molecule has 38 heavy (non-hydrogen) atoms. The van der Waals surface area contributed by atoms with Crippen LogP contribution in [0, 0.1) is 13.8 Å². The van der Waals surface area contributed by atoms with E-state index in [9.17, 15) is 18.0 Å². The molecule has 0 saturated carbocycles. The minimum absolute atomic E-state index is 0.0653. The lowest BCUT2D eigenvalue weighted by atomic mass is 10.1. The molecule has 202 valence electrons. The minimum Gasteiger partial charge on any atom is -0.497 e. The average molecular weight is 538 g/mol. The number of methoxy groups -OCH3 is 1. The molecule has 0 bridgehead atoms. The van der Waals surface area contributed by atoms with Crippen LogP contribution < -0.4 is 14.4 Å². The largest absolute Gasteiger partial charge is 0.497 e. The Morgan fingerprint density at radius 1 is 0.947 bits per heavy atom. The Morgan fingerprint density at radius 3 is 2.13 bits per heavy atom. The third kappa shape index (κ3) is 6.52. The Morgan fingerprint density at radius 2 is 1.58 bits per heavy atom. The summed E-state index contributed by atoms with van der Waals surface area (Å²) in [5.41, 5.74) is 3.07. The molecule has 0 aliphatic heterocycles. The highest BCUT2D eigenvalue weighted by Crippen LogP contribution is 2.27. The van der Waals surface area contributed by atoms with Crippen molar-refractivity contribution in [3.8, 4) is 5.75 Å². The number of anilines is 1. The molecule has 0 unspecified atom stereocenters. The smallest absolute Gasteiger partial charge is 0.264 e. The summed E-state index contributed by atoms with van der Waals surface area (Å²) in [5.74, 6) is -0.248. The third-order valence-electron chi connectivity index (χ3n) is 6.48. The molecule has 0 spiro atoms. The number of hydrogen-bond donors (Lipinski definition) is 1. The number of rotatable bonds is 11. The molecule has 2 amide bonds. The van der Waals surface area contributed by atoms with Gasteiger partial charge in [-0.15, -0.1) is 0 Å². The molecular weight excluding hydrogens is 502 g/mol. The first kappa shape index (κ1) is 28.7. The Bertz CT molecular complexity index is 1360. The number of nitrogens with one attached hydrogen (secondary N) is 1. The highest BCUT2D eigenvalue weighted by Gasteiger charge is 2.33. The Kier molecular flexibility index (Phi) is 9.52. The number of nitrogens with zero attached hydrogens (tertiary/aromatic N) is 2. The fraction of sp³-hybridized carbons (Fsp3) is 0.310. The van der Waals surface area contributed by atoms with E-state index in [2.05, 4.69) is 5.32 Å². The zero-order valence-electron chi connectivity index (χ0n) is 22.5. The van der Waals surface area contributed by atoms with Crippen molar-refractivity contribution in [2.24, 2.45) is 0 Å². The summed E-state index contributed by atoms with van der Waals surface area (Å²) >= 11 is 0. The van der Waals surface area contributed by atoms with Crippen LogP contribution in [0.4, 0.5) is 5.69 Å². The molecule has 0 radical (unpaired) electrons. The van der Waals surface area contributed by atoms with Crippen molar-refractivity contribution in [3.05, 3.63) is 89.5 Å². The van der Waals surface area contributed by atoms with Crippen molar-refractivity contribution in [1.29, 1.82) is 0 Å². The van der Waals surface area contributed by atoms with Crippen molar-refractivity contribution in [1.82, 2.24) is 10.2 Å². The highest BCUT2D eigenvalue weighted by atomic mass is 32.2. The topological polar surface area (TPSA) is 96.0 Å². The molecule has 9 heteroatoms. The maximum atomic E-state index is 13.9. The number of sulfonamides is 1. The van der Waals surface area contributed by atoms with Crippen molar-refractivity contribution < 1.29 is 22.7 Å². The molecule has 3 rings (SSSR count). The van der Waals surface area contributed by atoms with E-state index in [-0.39, 0.29) is 17.3 Å². The van der Waals surface area contributed by atoms with Gasteiger partial charge in [-0.05, 0) is 67.8 Å². The summed E-state index contributed by atoms with van der Waals surface area (Å²) in [5, 5.41) is 2.63. The summed E-state index contributed by atoms with van der Waals surface area (Å²) < 4.78 is 34.0. The molecule has 1 N–H and O–H groups in total. The summed E-state index contributed by atoms with van der Waals surface area (Å²) in [6.45, 7) is 5.31. The number of likely N-dealkylation sites (N-methyl/N-ethyl adjacent to an activating group) is 1. The average Bonchev–Trinajstić information content (AvgIpc) is 2.92. The molecule has 0 aromatic heterocycles. The molecule has 8 nitrogen and oxygen atoms in total. The molecule has 0 aliphatic carbocycles. The zero-order valence-corrected chi connectivity index (χ0v) is 23.3. The maximum absolute atomic E-state index is 13.9. The number of ether oxygens (including phenoxy) is 1. The van der Waals surface area contributed by atoms with Crippen LogP contribution in [-0.2, 0) is 26.2 Å². The van der Waals surface area contributed by atoms with E-state index in [0.717, 1.165) is 21.0 Å². The first-order chi connectivity index (χ1) is 18.1. The Hall–Kier alpha value is -3.85. The minimum atomic E-state index is -4.11. The van der Waals surface area contributed by atoms with Gasteiger partial charge in [-0.25, -0.2) is 8.42 Å². The number of carbonyl (C=O) groups is 2. The molecule has 1 atom stereocenters. The molecular formula is C29H35N3O5S. The second kappa shape index (κ2) is 12.6. The molecule has 0 aliphatic rings. The van der Waals surface area contributed by atoms with Gasteiger partial charge < -0.3 is 15.0 Å². The van der Waals surface area contributed by atoms with E-state index in [4.69, 9.17) is 4.74 Å². The number of amides is 2. The summed E-state index contributed by atoms with van der Waals surface area (Å²) in [7, 11) is -1.07. The fourth-order valence-corrected chi connectivity index (χ4v) is 5.59. The monoisotopic (exact) mass is 537 g/mol. The first-order valence-corrected chi connectivity index (χ1v) is 13.8. The zero-order chi connectivity index (χ0) is 27.9. The standard InChI is InChI=1S/C29H35N3O5S/c1-6-27(29(34)30-4)31(19-23-10-8-7-9-22(23)3)28(33)20-32(24-13-15-25(37-5)16-14-24)38(35,36)26-17-11-21(2)12-18-26/h7-18,27H,6,19-20H2,1-5H3,(H,30,34)/t27-/m1/s1. The van der Waals surface area contributed by atoms with E-state index in [1.807, 2.05) is 45.0 Å². The van der Waals surface area contributed by atoms with E-state index in [1.54, 1.807) is 36.4 Å². The Labute approximate surface area is 225 Å². The van der Waals surface area contributed by atoms with E-state index < -0.39 is 28.5 Å². The lowest BCUT2D eigenvalue weighted by Gasteiger charge is -2.33. The van der Waals surface area contributed by atoms with Gasteiger partial charge in [0.2, 0.25) is 11.8 Å². The predicted octanol–water partition coefficient (Wildman–Crippen LogP) is 4.06. The van der Waals surface area contributed by atoms with Crippen LogP contribution in [-0.4, -0.2) is 51.9 Å². The van der Waals surface area contributed by atoms with Crippen LogP contribution in [0.2, 0.25) is 0 Å². The second-order valence-electron chi connectivity index (χ2n) is 9.01. The predicted molar refractivity (Wildman–Crippen MR) is 149 cm³/mol. The van der Waals surface area contributed by atoms with Gasteiger partial charge in [-0.1, -0.05) is 48.9 Å². The van der Waals surface area contributed by atoms with Gasteiger partial charge in [0.1, 0.15) is 18.3 Å². The van der Waals surface area contributed by atoms with E-state index in [1.165, 1.54) is 31.2 Å².